The highest BCUT2D eigenvalue weighted by Gasteiger charge is 2.00. The van der Waals surface area contributed by atoms with Gasteiger partial charge in [0.1, 0.15) is 0 Å². The van der Waals surface area contributed by atoms with Crippen molar-refractivity contribution in [1.82, 2.24) is 10.3 Å². The van der Waals surface area contributed by atoms with Gasteiger partial charge in [0.2, 0.25) is 0 Å². The average molecular weight is 209 g/mol. The normalized spacial score (nSPS) is 11.9. The maximum Gasteiger partial charge on any atom is 0.170 e. The van der Waals surface area contributed by atoms with Crippen molar-refractivity contribution in [2.45, 2.75) is 26.3 Å². The van der Waals surface area contributed by atoms with E-state index in [1.807, 2.05) is 12.1 Å². The van der Waals surface area contributed by atoms with Crippen molar-refractivity contribution in [3.63, 3.8) is 0 Å². The number of anilines is 1. The molecule has 1 aromatic heterocycles. The number of thiocarbonyl (C=S) groups is 1. The van der Waals surface area contributed by atoms with Gasteiger partial charge in [-0.1, -0.05) is 6.92 Å². The van der Waals surface area contributed by atoms with Crippen LogP contribution >= 0.6 is 12.2 Å². The molecule has 2 N–H and O–H groups in total. The number of nitrogens with zero attached hydrogens (tertiary/aromatic N) is 1. The van der Waals surface area contributed by atoms with E-state index in [-0.39, 0.29) is 0 Å². The third kappa shape index (κ3) is 3.70. The zero-order chi connectivity index (χ0) is 10.4. The highest BCUT2D eigenvalue weighted by molar-refractivity contribution is 7.80. The average Bonchev–Trinajstić information content (AvgIpc) is 2.19. The second kappa shape index (κ2) is 5.54. The fraction of sp³-hybridized carbons (Fsp3) is 0.400. The zero-order valence-electron chi connectivity index (χ0n) is 8.45. The zero-order valence-corrected chi connectivity index (χ0v) is 9.27. The summed E-state index contributed by atoms with van der Waals surface area (Å²) in [7, 11) is 0. The summed E-state index contributed by atoms with van der Waals surface area (Å²) in [6, 6.07) is 4.16. The van der Waals surface area contributed by atoms with Crippen molar-refractivity contribution in [2.75, 3.05) is 5.32 Å². The van der Waals surface area contributed by atoms with Crippen LogP contribution < -0.4 is 10.6 Å². The van der Waals surface area contributed by atoms with Crippen LogP contribution in [0.3, 0.4) is 0 Å². The molecule has 0 saturated carbocycles. The molecule has 0 aromatic carbocycles. The number of pyridine rings is 1. The van der Waals surface area contributed by atoms with Crippen molar-refractivity contribution in [1.29, 1.82) is 0 Å². The monoisotopic (exact) mass is 209 g/mol. The van der Waals surface area contributed by atoms with E-state index in [0.29, 0.717) is 11.2 Å². The van der Waals surface area contributed by atoms with Gasteiger partial charge in [-0.2, -0.15) is 0 Å². The Kier molecular flexibility index (Phi) is 4.32. The van der Waals surface area contributed by atoms with Crippen LogP contribution in [0.5, 0.6) is 0 Å². The minimum atomic E-state index is 0.400. The lowest BCUT2D eigenvalue weighted by Gasteiger charge is -2.14. The Hall–Kier alpha value is -1.16. The molecular formula is C10H15N3S. The number of aromatic nitrogens is 1. The number of hydrogen-bond acceptors (Lipinski definition) is 2. The Labute approximate surface area is 89.9 Å². The summed E-state index contributed by atoms with van der Waals surface area (Å²) in [6.45, 7) is 4.22. The highest BCUT2D eigenvalue weighted by atomic mass is 32.1. The molecule has 76 valence electrons. The molecule has 4 heteroatoms. The van der Waals surface area contributed by atoms with Gasteiger partial charge in [0.15, 0.2) is 5.11 Å². The van der Waals surface area contributed by atoms with Crippen molar-refractivity contribution in [3.8, 4) is 0 Å². The van der Waals surface area contributed by atoms with E-state index in [1.165, 1.54) is 0 Å². The molecule has 0 radical (unpaired) electrons. The van der Waals surface area contributed by atoms with Crippen LogP contribution in [0, 0.1) is 0 Å². The molecule has 1 rings (SSSR count). The van der Waals surface area contributed by atoms with Crippen molar-refractivity contribution >= 4 is 23.0 Å². The summed E-state index contributed by atoms with van der Waals surface area (Å²) in [5.41, 5.74) is 0.959. The first-order chi connectivity index (χ1) is 6.72. The predicted molar refractivity (Wildman–Crippen MR) is 63.3 cm³/mol. The summed E-state index contributed by atoms with van der Waals surface area (Å²) in [5.74, 6) is 0. The number of rotatable bonds is 3. The molecule has 1 atom stereocenters. The lowest BCUT2D eigenvalue weighted by molar-refractivity contribution is 0.646. The maximum absolute atomic E-state index is 5.14. The SMILES string of the molecule is CC[C@H](C)NC(=S)Nc1ccncc1. The molecule has 0 unspecified atom stereocenters. The van der Waals surface area contributed by atoms with Crippen LogP contribution in [0.25, 0.3) is 0 Å². The fourth-order valence-electron chi connectivity index (χ4n) is 0.928. The van der Waals surface area contributed by atoms with Gasteiger partial charge in [-0.05, 0) is 37.7 Å². The molecule has 0 aliphatic rings. The molecule has 0 amide bonds. The van der Waals surface area contributed by atoms with Gasteiger partial charge in [-0.25, -0.2) is 0 Å². The molecule has 1 heterocycles. The Morgan fingerprint density at radius 1 is 1.50 bits per heavy atom. The van der Waals surface area contributed by atoms with Gasteiger partial charge in [0.25, 0.3) is 0 Å². The van der Waals surface area contributed by atoms with Crippen molar-refractivity contribution in [3.05, 3.63) is 24.5 Å². The molecular weight excluding hydrogens is 194 g/mol. The number of nitrogens with one attached hydrogen (secondary N) is 2. The standard InChI is InChI=1S/C10H15N3S/c1-3-8(2)12-10(14)13-9-4-6-11-7-5-9/h4-8H,3H2,1-2H3,(H2,11,12,13,14)/t8-/m0/s1. The Morgan fingerprint density at radius 3 is 2.71 bits per heavy atom. The molecule has 0 bridgehead atoms. The predicted octanol–water partition coefficient (Wildman–Crippen LogP) is 2.17. The summed E-state index contributed by atoms with van der Waals surface area (Å²) in [5, 5.41) is 6.92. The summed E-state index contributed by atoms with van der Waals surface area (Å²) in [6.07, 6.45) is 4.51. The highest BCUT2D eigenvalue weighted by Crippen LogP contribution is 2.02. The second-order valence-corrected chi connectivity index (χ2v) is 3.55. The van der Waals surface area contributed by atoms with E-state index in [2.05, 4.69) is 29.5 Å². The van der Waals surface area contributed by atoms with Crippen LogP contribution in [0.2, 0.25) is 0 Å². The maximum atomic E-state index is 5.14. The van der Waals surface area contributed by atoms with Gasteiger partial charge >= 0.3 is 0 Å². The summed E-state index contributed by atoms with van der Waals surface area (Å²) < 4.78 is 0. The lowest BCUT2D eigenvalue weighted by atomic mass is 10.3. The molecule has 0 spiro atoms. The fourth-order valence-corrected chi connectivity index (χ4v) is 1.25. The van der Waals surface area contributed by atoms with E-state index < -0.39 is 0 Å². The summed E-state index contributed by atoms with van der Waals surface area (Å²) >= 11 is 5.14. The van der Waals surface area contributed by atoms with Crippen LogP contribution in [-0.2, 0) is 0 Å². The third-order valence-corrected chi connectivity index (χ3v) is 2.15. The van der Waals surface area contributed by atoms with Gasteiger partial charge in [-0.3, -0.25) is 4.98 Å². The minimum Gasteiger partial charge on any atom is -0.360 e. The van der Waals surface area contributed by atoms with E-state index in [0.717, 1.165) is 12.1 Å². The van der Waals surface area contributed by atoms with Gasteiger partial charge in [0.05, 0.1) is 0 Å². The van der Waals surface area contributed by atoms with Crippen LogP contribution in [0.4, 0.5) is 5.69 Å². The third-order valence-electron chi connectivity index (χ3n) is 1.93. The van der Waals surface area contributed by atoms with Crippen molar-refractivity contribution in [2.24, 2.45) is 0 Å². The Morgan fingerprint density at radius 2 is 2.14 bits per heavy atom. The van der Waals surface area contributed by atoms with Crippen LogP contribution in [0.1, 0.15) is 20.3 Å². The molecule has 1 aromatic rings. The summed E-state index contributed by atoms with van der Waals surface area (Å²) in [4.78, 5) is 3.93. The topological polar surface area (TPSA) is 37.0 Å². The first-order valence-electron chi connectivity index (χ1n) is 4.70. The molecule has 0 saturated heterocycles. The van der Waals surface area contributed by atoms with Crippen LogP contribution in [0.15, 0.2) is 24.5 Å². The second-order valence-electron chi connectivity index (χ2n) is 3.14. The molecule has 14 heavy (non-hydrogen) atoms. The minimum absolute atomic E-state index is 0.400. The van der Waals surface area contributed by atoms with E-state index in [1.54, 1.807) is 12.4 Å². The Balaban J connectivity index is 2.42. The van der Waals surface area contributed by atoms with Gasteiger partial charge in [0, 0.05) is 24.1 Å². The molecule has 0 aliphatic carbocycles. The first-order valence-corrected chi connectivity index (χ1v) is 5.10. The molecule has 0 fully saturated rings. The molecule has 0 aliphatic heterocycles. The van der Waals surface area contributed by atoms with Crippen molar-refractivity contribution < 1.29 is 0 Å². The first kappa shape index (κ1) is 10.9. The number of hydrogen-bond donors (Lipinski definition) is 2. The van der Waals surface area contributed by atoms with E-state index >= 15 is 0 Å². The molecule has 3 nitrogen and oxygen atoms in total. The smallest absolute Gasteiger partial charge is 0.170 e. The largest absolute Gasteiger partial charge is 0.360 e. The quantitative estimate of drug-likeness (QED) is 0.748. The van der Waals surface area contributed by atoms with E-state index in [9.17, 15) is 0 Å². The lowest BCUT2D eigenvalue weighted by Crippen LogP contribution is -2.35. The van der Waals surface area contributed by atoms with Crippen LogP contribution in [-0.4, -0.2) is 16.1 Å². The van der Waals surface area contributed by atoms with Gasteiger partial charge < -0.3 is 10.6 Å². The van der Waals surface area contributed by atoms with E-state index in [4.69, 9.17) is 12.2 Å². The Bertz CT molecular complexity index is 287. The van der Waals surface area contributed by atoms with Gasteiger partial charge in [-0.15, -0.1) is 0 Å².